The number of aliphatic hydroxyl groups is 5. The minimum Gasteiger partial charge on any atom is -0.454 e. The zero-order valence-electron chi connectivity index (χ0n) is 46.6. The zero-order chi connectivity index (χ0) is 52.5. The van der Waals surface area contributed by atoms with Crippen LogP contribution in [-0.4, -0.2) is 99.6 Å². The Balaban J connectivity index is 2.69. The third kappa shape index (κ3) is 37.6. The molecule has 11 nitrogen and oxygen atoms in total. The fourth-order valence-corrected chi connectivity index (χ4v) is 9.41. The number of ether oxygens (including phenoxy) is 3. The van der Waals surface area contributed by atoms with E-state index in [1.165, 1.54) is 161 Å². The number of hydrogen-bond donors (Lipinski definition) is 6. The van der Waals surface area contributed by atoms with Gasteiger partial charge in [-0.05, 0) is 77.0 Å². The van der Waals surface area contributed by atoms with Crippen molar-refractivity contribution >= 4 is 11.9 Å². The molecule has 1 aliphatic rings. The summed E-state index contributed by atoms with van der Waals surface area (Å²) in [6.07, 6.45) is 47.6. The van der Waals surface area contributed by atoms with Crippen molar-refractivity contribution in [3.05, 3.63) is 36.5 Å². The van der Waals surface area contributed by atoms with Gasteiger partial charge in [0.1, 0.15) is 24.4 Å². The Kier molecular flexibility index (Phi) is 46.9. The van der Waals surface area contributed by atoms with Crippen LogP contribution in [0.5, 0.6) is 0 Å². The number of carbonyl (C=O) groups excluding carboxylic acids is 2. The average molecular weight is 1020 g/mol. The highest BCUT2D eigenvalue weighted by Crippen LogP contribution is 2.26. The number of esters is 1. The molecule has 1 amide bonds. The summed E-state index contributed by atoms with van der Waals surface area (Å²) in [5.74, 6) is -1.21. The molecule has 0 saturated carbocycles. The predicted molar refractivity (Wildman–Crippen MR) is 297 cm³/mol. The van der Waals surface area contributed by atoms with E-state index in [1.54, 1.807) is 6.08 Å². The van der Waals surface area contributed by atoms with Gasteiger partial charge in [0.05, 0.1) is 25.4 Å². The highest BCUT2D eigenvalue weighted by molar-refractivity contribution is 5.80. The number of rotatable bonds is 51. The second-order valence-corrected chi connectivity index (χ2v) is 21.1. The smallest absolute Gasteiger partial charge is 0.306 e. The number of nitrogens with one attached hydrogen (secondary N) is 1. The summed E-state index contributed by atoms with van der Waals surface area (Å²) in [5, 5.41) is 56.8. The molecule has 0 aromatic heterocycles. The molecule has 1 heterocycles. The standard InChI is InChI=1S/C61H113NO10/c1-4-7-10-13-16-19-22-24-26-27-28-29-30-33-36-39-42-45-48-54(65)60(69)62-52(53(64)47-44-41-38-35-32-21-18-15-12-9-6-3)51-70-61-59(58(68)57(67)55(50-63)71-61)72-56(66)49-46-43-40-37-34-31-25-23-20-17-14-11-8-5-2/h24,26,31,34,44,47,52-55,57-59,61,63-65,67-68H,4-23,25,27-30,32-33,35-43,45-46,48-51H2,1-3H3,(H,62,69)/b26-24+,34-31-,47-44+. The van der Waals surface area contributed by atoms with Gasteiger partial charge in [0.25, 0.3) is 0 Å². The summed E-state index contributed by atoms with van der Waals surface area (Å²) in [5.41, 5.74) is 0. The molecule has 8 atom stereocenters. The lowest BCUT2D eigenvalue weighted by Gasteiger charge is -2.41. The molecule has 1 saturated heterocycles. The topological polar surface area (TPSA) is 175 Å². The fraction of sp³-hybridized carbons (Fsp3) is 0.869. The first kappa shape index (κ1) is 67.9. The first-order valence-corrected chi connectivity index (χ1v) is 30.3. The second kappa shape index (κ2) is 49.7. The van der Waals surface area contributed by atoms with Crippen molar-refractivity contribution in [2.24, 2.45) is 0 Å². The Morgan fingerprint density at radius 2 is 0.917 bits per heavy atom. The monoisotopic (exact) mass is 1020 g/mol. The van der Waals surface area contributed by atoms with Gasteiger partial charge in [-0.1, -0.05) is 231 Å². The van der Waals surface area contributed by atoms with Crippen molar-refractivity contribution in [2.75, 3.05) is 13.2 Å². The normalized spacial score (nSPS) is 19.7. The molecular formula is C61H113NO10. The highest BCUT2D eigenvalue weighted by atomic mass is 16.7. The van der Waals surface area contributed by atoms with Gasteiger partial charge < -0.3 is 45.1 Å². The molecule has 11 heteroatoms. The SMILES string of the molecule is CCCCCCCC/C=C/CCCCCCCCCCC(O)C(=O)NC(COC1OC(CO)C(O)C(O)C1OC(=O)CCCCC/C=C\CCCCCCCCC)C(O)/C=C/CCCCCCCCCCC. The van der Waals surface area contributed by atoms with Crippen molar-refractivity contribution in [2.45, 2.75) is 327 Å². The Morgan fingerprint density at radius 3 is 1.35 bits per heavy atom. The van der Waals surface area contributed by atoms with E-state index in [2.05, 4.69) is 50.4 Å². The van der Waals surface area contributed by atoms with E-state index in [0.717, 1.165) is 70.6 Å². The Morgan fingerprint density at radius 1 is 0.528 bits per heavy atom. The maximum atomic E-state index is 13.4. The van der Waals surface area contributed by atoms with Crippen molar-refractivity contribution in [3.8, 4) is 0 Å². The van der Waals surface area contributed by atoms with Crippen molar-refractivity contribution in [3.63, 3.8) is 0 Å². The first-order chi connectivity index (χ1) is 35.2. The van der Waals surface area contributed by atoms with Gasteiger partial charge in [0, 0.05) is 6.42 Å². The van der Waals surface area contributed by atoms with Gasteiger partial charge >= 0.3 is 5.97 Å². The van der Waals surface area contributed by atoms with Crippen molar-refractivity contribution in [1.29, 1.82) is 0 Å². The number of amides is 1. The van der Waals surface area contributed by atoms with E-state index in [9.17, 15) is 35.1 Å². The lowest BCUT2D eigenvalue weighted by Crippen LogP contribution is -2.61. The van der Waals surface area contributed by atoms with Gasteiger partial charge in [0.2, 0.25) is 5.91 Å². The van der Waals surface area contributed by atoms with E-state index >= 15 is 0 Å². The number of carbonyl (C=O) groups is 2. The third-order valence-electron chi connectivity index (χ3n) is 14.3. The lowest BCUT2D eigenvalue weighted by atomic mass is 9.99. The van der Waals surface area contributed by atoms with Crippen LogP contribution in [0.4, 0.5) is 0 Å². The third-order valence-corrected chi connectivity index (χ3v) is 14.3. The highest BCUT2D eigenvalue weighted by Gasteiger charge is 2.47. The Labute approximate surface area is 441 Å². The minimum absolute atomic E-state index is 0.105. The molecule has 0 spiro atoms. The molecule has 0 aliphatic carbocycles. The van der Waals surface area contributed by atoms with Crippen molar-refractivity contribution in [1.82, 2.24) is 5.32 Å². The van der Waals surface area contributed by atoms with E-state index in [1.807, 2.05) is 6.08 Å². The number of unbranched alkanes of at least 4 members (excludes halogenated alkanes) is 33. The van der Waals surface area contributed by atoms with Gasteiger partial charge in [-0.3, -0.25) is 9.59 Å². The van der Waals surface area contributed by atoms with Crippen LogP contribution in [0.25, 0.3) is 0 Å². The van der Waals surface area contributed by atoms with Crippen LogP contribution in [-0.2, 0) is 23.8 Å². The Bertz CT molecular complexity index is 1310. The summed E-state index contributed by atoms with van der Waals surface area (Å²) < 4.78 is 17.6. The summed E-state index contributed by atoms with van der Waals surface area (Å²) in [6.45, 7) is 5.77. The van der Waals surface area contributed by atoms with E-state index in [0.29, 0.717) is 12.8 Å². The largest absolute Gasteiger partial charge is 0.454 e. The molecule has 8 unspecified atom stereocenters. The first-order valence-electron chi connectivity index (χ1n) is 30.3. The van der Waals surface area contributed by atoms with Gasteiger partial charge in [-0.15, -0.1) is 0 Å². The van der Waals surface area contributed by atoms with E-state index < -0.39 is 67.4 Å². The van der Waals surface area contributed by atoms with Crippen molar-refractivity contribution < 1.29 is 49.3 Å². The summed E-state index contributed by atoms with van der Waals surface area (Å²) >= 11 is 0. The summed E-state index contributed by atoms with van der Waals surface area (Å²) in [7, 11) is 0. The van der Waals surface area contributed by atoms with Gasteiger partial charge in [0.15, 0.2) is 12.4 Å². The fourth-order valence-electron chi connectivity index (χ4n) is 9.41. The molecule has 0 aromatic carbocycles. The van der Waals surface area contributed by atoms with Crippen LogP contribution in [0.1, 0.15) is 278 Å². The molecule has 0 bridgehead atoms. The quantitative estimate of drug-likeness (QED) is 0.0195. The maximum absolute atomic E-state index is 13.4. The minimum atomic E-state index is -1.62. The van der Waals surface area contributed by atoms with Crippen LogP contribution in [0.15, 0.2) is 36.5 Å². The van der Waals surface area contributed by atoms with Gasteiger partial charge in [-0.25, -0.2) is 0 Å². The summed E-state index contributed by atoms with van der Waals surface area (Å²) in [6, 6.07) is -1.02. The van der Waals surface area contributed by atoms with E-state index in [4.69, 9.17) is 14.2 Å². The molecular weight excluding hydrogens is 907 g/mol. The van der Waals surface area contributed by atoms with Crippen LogP contribution in [0.3, 0.4) is 0 Å². The molecule has 422 valence electrons. The molecule has 72 heavy (non-hydrogen) atoms. The second-order valence-electron chi connectivity index (χ2n) is 21.1. The lowest BCUT2D eigenvalue weighted by molar-refractivity contribution is -0.305. The zero-order valence-corrected chi connectivity index (χ0v) is 46.6. The number of hydrogen-bond acceptors (Lipinski definition) is 10. The number of aliphatic hydroxyl groups excluding tert-OH is 5. The molecule has 1 fully saturated rings. The van der Waals surface area contributed by atoms with Crippen LogP contribution in [0.2, 0.25) is 0 Å². The molecule has 0 aromatic rings. The van der Waals surface area contributed by atoms with Crippen LogP contribution < -0.4 is 5.32 Å². The molecule has 0 radical (unpaired) electrons. The molecule has 6 N–H and O–H groups in total. The average Bonchev–Trinajstić information content (AvgIpc) is 3.38. The van der Waals surface area contributed by atoms with Crippen LogP contribution >= 0.6 is 0 Å². The van der Waals surface area contributed by atoms with Crippen LogP contribution in [0, 0.1) is 0 Å². The molecule has 1 rings (SSSR count). The number of allylic oxidation sites excluding steroid dienone is 5. The van der Waals surface area contributed by atoms with E-state index in [-0.39, 0.29) is 19.4 Å². The molecule has 1 aliphatic heterocycles. The Hall–Kier alpha value is -2.12. The predicted octanol–water partition coefficient (Wildman–Crippen LogP) is 13.9. The summed E-state index contributed by atoms with van der Waals surface area (Å²) in [4.78, 5) is 26.5. The maximum Gasteiger partial charge on any atom is 0.306 e. The van der Waals surface area contributed by atoms with Gasteiger partial charge in [-0.2, -0.15) is 0 Å².